The molecule has 0 saturated carbocycles. The van der Waals surface area contributed by atoms with Crippen LogP contribution < -0.4 is 10.6 Å². The number of thioether (sulfide) groups is 1. The summed E-state index contributed by atoms with van der Waals surface area (Å²) in [6.45, 7) is 7.20. The standard InChI is InChI=1S/C18H27N3OS/c1-14-4-5-15(13-21-7-9-23-10-8-21)11-17(14)20-18(22)16-3-2-6-19-12-16/h4-5,11,16,19H,2-3,6-10,12-13H2,1H3,(H,20,22). The fraction of sp³-hybridized carbons (Fsp3) is 0.611. The second-order valence-electron chi connectivity index (χ2n) is 6.57. The Hall–Kier alpha value is -1.04. The van der Waals surface area contributed by atoms with Gasteiger partial charge in [-0.2, -0.15) is 11.8 Å². The summed E-state index contributed by atoms with van der Waals surface area (Å²) in [5.41, 5.74) is 3.41. The first-order valence-corrected chi connectivity index (χ1v) is 9.79. The monoisotopic (exact) mass is 333 g/mol. The van der Waals surface area contributed by atoms with Gasteiger partial charge in [0.05, 0.1) is 5.92 Å². The molecule has 1 atom stereocenters. The predicted molar refractivity (Wildman–Crippen MR) is 98.0 cm³/mol. The lowest BCUT2D eigenvalue weighted by Crippen LogP contribution is -2.37. The maximum absolute atomic E-state index is 12.5. The lowest BCUT2D eigenvalue weighted by atomic mass is 9.98. The molecule has 2 aliphatic rings. The van der Waals surface area contributed by atoms with E-state index < -0.39 is 0 Å². The van der Waals surface area contributed by atoms with Crippen LogP contribution in [-0.4, -0.2) is 48.5 Å². The molecule has 3 rings (SSSR count). The van der Waals surface area contributed by atoms with E-state index >= 15 is 0 Å². The normalized spacial score (nSPS) is 22.7. The summed E-state index contributed by atoms with van der Waals surface area (Å²) in [4.78, 5) is 15.0. The van der Waals surface area contributed by atoms with E-state index in [4.69, 9.17) is 0 Å². The van der Waals surface area contributed by atoms with Crippen LogP contribution in [0, 0.1) is 12.8 Å². The topological polar surface area (TPSA) is 44.4 Å². The maximum Gasteiger partial charge on any atom is 0.228 e. The van der Waals surface area contributed by atoms with Gasteiger partial charge < -0.3 is 10.6 Å². The van der Waals surface area contributed by atoms with Crippen molar-refractivity contribution in [3.63, 3.8) is 0 Å². The van der Waals surface area contributed by atoms with Gasteiger partial charge in [-0.25, -0.2) is 0 Å². The van der Waals surface area contributed by atoms with Gasteiger partial charge in [-0.05, 0) is 43.5 Å². The number of benzene rings is 1. The van der Waals surface area contributed by atoms with E-state index in [2.05, 4.69) is 40.7 Å². The Bertz CT molecular complexity index is 537. The van der Waals surface area contributed by atoms with Crippen molar-refractivity contribution >= 4 is 23.4 Å². The van der Waals surface area contributed by atoms with Crippen LogP contribution in [0.3, 0.4) is 0 Å². The number of carbonyl (C=O) groups is 1. The van der Waals surface area contributed by atoms with Crippen molar-refractivity contribution in [3.8, 4) is 0 Å². The molecular weight excluding hydrogens is 306 g/mol. The fourth-order valence-electron chi connectivity index (χ4n) is 3.23. The van der Waals surface area contributed by atoms with E-state index in [0.717, 1.165) is 56.8 Å². The third-order valence-corrected chi connectivity index (χ3v) is 5.68. The number of anilines is 1. The molecule has 2 heterocycles. The largest absolute Gasteiger partial charge is 0.326 e. The molecule has 1 aromatic carbocycles. The third-order valence-electron chi connectivity index (χ3n) is 4.74. The molecule has 0 aliphatic carbocycles. The smallest absolute Gasteiger partial charge is 0.228 e. The van der Waals surface area contributed by atoms with Crippen LogP contribution in [0.4, 0.5) is 5.69 Å². The lowest BCUT2D eigenvalue weighted by molar-refractivity contribution is -0.120. The van der Waals surface area contributed by atoms with E-state index in [1.54, 1.807) is 0 Å². The van der Waals surface area contributed by atoms with Crippen LogP contribution in [0.25, 0.3) is 0 Å². The summed E-state index contributed by atoms with van der Waals surface area (Å²) in [6.07, 6.45) is 2.08. The molecule has 0 bridgehead atoms. The highest BCUT2D eigenvalue weighted by molar-refractivity contribution is 7.99. The van der Waals surface area contributed by atoms with Crippen molar-refractivity contribution < 1.29 is 4.79 Å². The Balaban J connectivity index is 1.63. The average molecular weight is 334 g/mol. The van der Waals surface area contributed by atoms with Gasteiger partial charge in [0.25, 0.3) is 0 Å². The van der Waals surface area contributed by atoms with Crippen molar-refractivity contribution in [3.05, 3.63) is 29.3 Å². The van der Waals surface area contributed by atoms with Crippen LogP contribution in [0.15, 0.2) is 18.2 Å². The van der Waals surface area contributed by atoms with Crippen LogP contribution in [0.5, 0.6) is 0 Å². The molecule has 2 saturated heterocycles. The van der Waals surface area contributed by atoms with E-state index in [1.165, 1.54) is 17.1 Å². The van der Waals surface area contributed by atoms with Crippen molar-refractivity contribution in [1.29, 1.82) is 0 Å². The number of hydrogen-bond donors (Lipinski definition) is 2. The molecule has 1 aromatic rings. The zero-order valence-electron chi connectivity index (χ0n) is 13.9. The molecule has 2 aliphatic heterocycles. The molecule has 2 N–H and O–H groups in total. The Morgan fingerprint density at radius 3 is 2.96 bits per heavy atom. The molecule has 2 fully saturated rings. The highest BCUT2D eigenvalue weighted by Gasteiger charge is 2.21. The molecule has 5 heteroatoms. The number of aryl methyl sites for hydroxylation is 1. The lowest BCUT2D eigenvalue weighted by Gasteiger charge is -2.26. The maximum atomic E-state index is 12.5. The van der Waals surface area contributed by atoms with Gasteiger partial charge in [0.2, 0.25) is 5.91 Å². The number of carbonyl (C=O) groups excluding carboxylic acids is 1. The molecule has 1 unspecified atom stereocenters. The Labute approximate surface area is 143 Å². The minimum absolute atomic E-state index is 0.103. The summed E-state index contributed by atoms with van der Waals surface area (Å²) >= 11 is 2.03. The van der Waals surface area contributed by atoms with Gasteiger partial charge in [-0.1, -0.05) is 12.1 Å². The van der Waals surface area contributed by atoms with Crippen molar-refractivity contribution in [2.45, 2.75) is 26.3 Å². The second kappa shape index (κ2) is 8.18. The number of rotatable bonds is 4. The Morgan fingerprint density at radius 1 is 1.39 bits per heavy atom. The molecule has 0 spiro atoms. The quantitative estimate of drug-likeness (QED) is 0.888. The van der Waals surface area contributed by atoms with Gasteiger partial charge in [0.15, 0.2) is 0 Å². The summed E-state index contributed by atoms with van der Waals surface area (Å²) < 4.78 is 0. The summed E-state index contributed by atoms with van der Waals surface area (Å²) in [7, 11) is 0. The summed E-state index contributed by atoms with van der Waals surface area (Å²) in [5.74, 6) is 2.71. The van der Waals surface area contributed by atoms with Gasteiger partial charge in [-0.3, -0.25) is 9.69 Å². The first-order valence-electron chi connectivity index (χ1n) is 8.63. The fourth-order valence-corrected chi connectivity index (χ4v) is 4.21. The molecular formula is C18H27N3OS. The molecule has 0 radical (unpaired) electrons. The van der Waals surface area contributed by atoms with Gasteiger partial charge in [0, 0.05) is 43.4 Å². The number of amides is 1. The summed E-state index contributed by atoms with van der Waals surface area (Å²) in [5, 5.41) is 6.47. The highest BCUT2D eigenvalue weighted by atomic mass is 32.2. The predicted octanol–water partition coefficient (Wildman–Crippen LogP) is 2.48. The first-order chi connectivity index (χ1) is 11.2. The SMILES string of the molecule is Cc1ccc(CN2CCSCC2)cc1NC(=O)C1CCCNC1. The third kappa shape index (κ3) is 4.72. The van der Waals surface area contributed by atoms with E-state index in [0.29, 0.717) is 0 Å². The molecule has 0 aromatic heterocycles. The van der Waals surface area contributed by atoms with Crippen molar-refractivity contribution in [2.75, 3.05) is 43.0 Å². The molecule has 4 nitrogen and oxygen atoms in total. The zero-order valence-corrected chi connectivity index (χ0v) is 14.8. The van der Waals surface area contributed by atoms with Crippen LogP contribution >= 0.6 is 11.8 Å². The van der Waals surface area contributed by atoms with Crippen molar-refractivity contribution in [1.82, 2.24) is 10.2 Å². The van der Waals surface area contributed by atoms with Crippen LogP contribution in [0.2, 0.25) is 0 Å². The second-order valence-corrected chi connectivity index (χ2v) is 7.80. The number of nitrogens with one attached hydrogen (secondary N) is 2. The Morgan fingerprint density at radius 2 is 2.22 bits per heavy atom. The van der Waals surface area contributed by atoms with Crippen molar-refractivity contribution in [2.24, 2.45) is 5.92 Å². The number of hydrogen-bond acceptors (Lipinski definition) is 4. The zero-order chi connectivity index (χ0) is 16.1. The summed E-state index contributed by atoms with van der Waals surface area (Å²) in [6, 6.07) is 6.48. The van der Waals surface area contributed by atoms with E-state index in [-0.39, 0.29) is 11.8 Å². The number of piperidine rings is 1. The molecule has 126 valence electrons. The van der Waals surface area contributed by atoms with Gasteiger partial charge in [-0.15, -0.1) is 0 Å². The minimum atomic E-state index is 0.103. The number of nitrogens with zero attached hydrogens (tertiary/aromatic N) is 1. The first kappa shape index (κ1) is 16.8. The van der Waals surface area contributed by atoms with E-state index in [9.17, 15) is 4.79 Å². The van der Waals surface area contributed by atoms with Crippen LogP contribution in [0.1, 0.15) is 24.0 Å². The minimum Gasteiger partial charge on any atom is -0.326 e. The highest BCUT2D eigenvalue weighted by Crippen LogP contribution is 2.21. The van der Waals surface area contributed by atoms with Gasteiger partial charge in [0.1, 0.15) is 0 Å². The van der Waals surface area contributed by atoms with Gasteiger partial charge >= 0.3 is 0 Å². The Kier molecular flexibility index (Phi) is 5.97. The van der Waals surface area contributed by atoms with E-state index in [1.807, 2.05) is 11.8 Å². The molecule has 23 heavy (non-hydrogen) atoms. The molecule has 1 amide bonds. The van der Waals surface area contributed by atoms with Crippen LogP contribution in [-0.2, 0) is 11.3 Å². The average Bonchev–Trinajstić information content (AvgIpc) is 2.59.